The second kappa shape index (κ2) is 10.9. The summed E-state index contributed by atoms with van der Waals surface area (Å²) in [6, 6.07) is 0.553. The first-order valence-electron chi connectivity index (χ1n) is 7.86. The number of rotatable bonds is 7. The van der Waals surface area contributed by atoms with Crippen molar-refractivity contribution in [2.75, 3.05) is 20.2 Å². The number of hydrogen-bond donors (Lipinski definition) is 3. The SMILES string of the molecule is CCOC(=O)NC(CNC(=NC)NC1CC1C)CC(C)C.I. The molecule has 0 aromatic carbocycles. The van der Waals surface area contributed by atoms with Gasteiger partial charge in [0.15, 0.2) is 5.96 Å². The van der Waals surface area contributed by atoms with E-state index in [0.717, 1.165) is 12.4 Å². The van der Waals surface area contributed by atoms with E-state index >= 15 is 0 Å². The molecule has 0 spiro atoms. The van der Waals surface area contributed by atoms with Crippen LogP contribution in [-0.4, -0.2) is 44.3 Å². The van der Waals surface area contributed by atoms with Crippen LogP contribution < -0.4 is 16.0 Å². The summed E-state index contributed by atoms with van der Waals surface area (Å²) in [6.45, 7) is 9.32. The second-order valence-corrected chi connectivity index (χ2v) is 6.11. The van der Waals surface area contributed by atoms with Gasteiger partial charge in [0.2, 0.25) is 0 Å². The third-order valence-electron chi connectivity index (χ3n) is 3.52. The Bertz CT molecular complexity index is 363. The number of alkyl carbamates (subject to hydrolysis) is 1. The summed E-state index contributed by atoms with van der Waals surface area (Å²) in [7, 11) is 1.76. The third-order valence-corrected chi connectivity index (χ3v) is 3.52. The summed E-state index contributed by atoms with van der Waals surface area (Å²) in [6.07, 6.45) is 1.73. The molecule has 3 N–H and O–H groups in total. The average molecular weight is 426 g/mol. The first-order valence-corrected chi connectivity index (χ1v) is 7.86. The van der Waals surface area contributed by atoms with Crippen LogP contribution >= 0.6 is 24.0 Å². The quantitative estimate of drug-likeness (QED) is 0.332. The minimum Gasteiger partial charge on any atom is -0.450 e. The van der Waals surface area contributed by atoms with E-state index in [1.54, 1.807) is 14.0 Å². The Kier molecular flexibility index (Phi) is 10.5. The van der Waals surface area contributed by atoms with Gasteiger partial charge in [-0.05, 0) is 31.6 Å². The maximum Gasteiger partial charge on any atom is 0.407 e. The van der Waals surface area contributed by atoms with Crippen LogP contribution in [0.2, 0.25) is 0 Å². The topological polar surface area (TPSA) is 74.8 Å². The molecule has 1 rings (SSSR count). The van der Waals surface area contributed by atoms with E-state index in [4.69, 9.17) is 4.74 Å². The molecule has 0 heterocycles. The summed E-state index contributed by atoms with van der Waals surface area (Å²) in [5, 5.41) is 9.56. The maximum atomic E-state index is 11.6. The highest BCUT2D eigenvalue weighted by Crippen LogP contribution is 2.28. The monoisotopic (exact) mass is 426 g/mol. The molecular weight excluding hydrogens is 395 g/mol. The van der Waals surface area contributed by atoms with E-state index in [0.29, 0.717) is 31.0 Å². The molecule has 0 aromatic heterocycles. The Labute approximate surface area is 151 Å². The van der Waals surface area contributed by atoms with Crippen molar-refractivity contribution in [1.29, 1.82) is 0 Å². The summed E-state index contributed by atoms with van der Waals surface area (Å²) >= 11 is 0. The van der Waals surface area contributed by atoms with Crippen LogP contribution in [0, 0.1) is 11.8 Å². The van der Waals surface area contributed by atoms with Crippen LogP contribution in [0.3, 0.4) is 0 Å². The van der Waals surface area contributed by atoms with Crippen molar-refractivity contribution >= 4 is 36.0 Å². The molecule has 0 bridgehead atoms. The van der Waals surface area contributed by atoms with Crippen molar-refractivity contribution in [3.63, 3.8) is 0 Å². The normalized spacial score (nSPS) is 21.6. The smallest absolute Gasteiger partial charge is 0.407 e. The van der Waals surface area contributed by atoms with Crippen molar-refractivity contribution in [3.8, 4) is 0 Å². The van der Waals surface area contributed by atoms with Gasteiger partial charge in [-0.2, -0.15) is 0 Å². The molecule has 7 heteroatoms. The average Bonchev–Trinajstić information content (AvgIpc) is 3.09. The van der Waals surface area contributed by atoms with Crippen molar-refractivity contribution in [2.45, 2.75) is 52.6 Å². The molecule has 1 amide bonds. The van der Waals surface area contributed by atoms with Crippen molar-refractivity contribution in [3.05, 3.63) is 0 Å². The summed E-state index contributed by atoms with van der Waals surface area (Å²) in [4.78, 5) is 15.8. The molecule has 0 saturated heterocycles. The van der Waals surface area contributed by atoms with Crippen molar-refractivity contribution in [2.24, 2.45) is 16.8 Å². The molecule has 0 radical (unpaired) electrons. The zero-order chi connectivity index (χ0) is 15.8. The van der Waals surface area contributed by atoms with Gasteiger partial charge < -0.3 is 20.7 Å². The molecule has 0 aliphatic heterocycles. The largest absolute Gasteiger partial charge is 0.450 e. The molecule has 1 fully saturated rings. The molecular formula is C15H31IN4O2. The van der Waals surface area contributed by atoms with Crippen molar-refractivity contribution < 1.29 is 9.53 Å². The van der Waals surface area contributed by atoms with Gasteiger partial charge in [-0.15, -0.1) is 24.0 Å². The number of halogens is 1. The minimum absolute atomic E-state index is 0. The number of aliphatic imine (C=N–C) groups is 1. The lowest BCUT2D eigenvalue weighted by Crippen LogP contribution is -2.48. The number of nitrogens with zero attached hydrogens (tertiary/aromatic N) is 1. The Hall–Kier alpha value is -0.730. The van der Waals surface area contributed by atoms with Gasteiger partial charge in [0.05, 0.1) is 6.61 Å². The fraction of sp³-hybridized carbons (Fsp3) is 0.867. The Morgan fingerprint density at radius 2 is 2.05 bits per heavy atom. The lowest BCUT2D eigenvalue weighted by atomic mass is 10.0. The predicted molar refractivity (Wildman–Crippen MR) is 101 cm³/mol. The van der Waals surface area contributed by atoms with E-state index in [9.17, 15) is 4.79 Å². The number of guanidine groups is 1. The minimum atomic E-state index is -0.358. The molecule has 22 heavy (non-hydrogen) atoms. The van der Waals surface area contributed by atoms with Crippen LogP contribution in [0.1, 0.15) is 40.5 Å². The summed E-state index contributed by atoms with van der Waals surface area (Å²) in [5.74, 6) is 2.01. The van der Waals surface area contributed by atoms with E-state index in [1.807, 2.05) is 0 Å². The number of ether oxygens (including phenoxy) is 1. The van der Waals surface area contributed by atoms with Gasteiger partial charge in [-0.1, -0.05) is 20.8 Å². The summed E-state index contributed by atoms with van der Waals surface area (Å²) in [5.41, 5.74) is 0. The number of nitrogens with one attached hydrogen (secondary N) is 3. The molecule has 1 saturated carbocycles. The third kappa shape index (κ3) is 8.65. The van der Waals surface area contributed by atoms with Crippen LogP contribution in [-0.2, 0) is 4.74 Å². The fourth-order valence-electron chi connectivity index (χ4n) is 2.22. The van der Waals surface area contributed by atoms with Crippen molar-refractivity contribution in [1.82, 2.24) is 16.0 Å². The molecule has 130 valence electrons. The Morgan fingerprint density at radius 3 is 2.50 bits per heavy atom. The first kappa shape index (κ1) is 21.3. The maximum absolute atomic E-state index is 11.6. The molecule has 1 aliphatic rings. The van der Waals surface area contributed by atoms with Gasteiger partial charge in [0, 0.05) is 25.7 Å². The highest BCUT2D eigenvalue weighted by atomic mass is 127. The molecule has 3 atom stereocenters. The molecule has 0 aromatic rings. The van der Waals surface area contributed by atoms with Gasteiger partial charge >= 0.3 is 6.09 Å². The van der Waals surface area contributed by atoms with Crippen LogP contribution in [0.15, 0.2) is 4.99 Å². The Morgan fingerprint density at radius 1 is 1.41 bits per heavy atom. The molecule has 1 aliphatic carbocycles. The standard InChI is InChI=1S/C15H30N4O2.HI/c1-6-21-15(20)18-12(7-10(2)3)9-17-14(16-5)19-13-8-11(13)4;/h10-13H,6-9H2,1-5H3,(H,18,20)(H2,16,17,19);1H. The second-order valence-electron chi connectivity index (χ2n) is 6.11. The fourth-order valence-corrected chi connectivity index (χ4v) is 2.22. The van der Waals surface area contributed by atoms with Gasteiger partial charge in [0.25, 0.3) is 0 Å². The van der Waals surface area contributed by atoms with E-state index < -0.39 is 0 Å². The number of carbonyl (C=O) groups is 1. The lowest BCUT2D eigenvalue weighted by Gasteiger charge is -2.22. The number of hydrogen-bond acceptors (Lipinski definition) is 3. The van der Waals surface area contributed by atoms with Gasteiger partial charge in [-0.25, -0.2) is 4.79 Å². The highest BCUT2D eigenvalue weighted by Gasteiger charge is 2.33. The van der Waals surface area contributed by atoms with Crippen LogP contribution in [0.5, 0.6) is 0 Å². The van der Waals surface area contributed by atoms with Gasteiger partial charge in [0.1, 0.15) is 0 Å². The zero-order valence-electron chi connectivity index (χ0n) is 14.3. The van der Waals surface area contributed by atoms with E-state index in [2.05, 4.69) is 41.7 Å². The van der Waals surface area contributed by atoms with Crippen LogP contribution in [0.4, 0.5) is 4.79 Å². The van der Waals surface area contributed by atoms with Gasteiger partial charge in [-0.3, -0.25) is 4.99 Å². The van der Waals surface area contributed by atoms with E-state index in [1.165, 1.54) is 6.42 Å². The molecule has 6 nitrogen and oxygen atoms in total. The number of amides is 1. The zero-order valence-corrected chi connectivity index (χ0v) is 16.6. The Balaban J connectivity index is 0.00000441. The summed E-state index contributed by atoms with van der Waals surface area (Å²) < 4.78 is 4.95. The van der Waals surface area contributed by atoms with Crippen LogP contribution in [0.25, 0.3) is 0 Å². The first-order chi connectivity index (χ1) is 9.96. The highest BCUT2D eigenvalue weighted by molar-refractivity contribution is 14.0. The molecule has 3 unspecified atom stereocenters. The lowest BCUT2D eigenvalue weighted by molar-refractivity contribution is 0.146. The number of carbonyl (C=O) groups excluding carboxylic acids is 1. The van der Waals surface area contributed by atoms with E-state index in [-0.39, 0.29) is 36.1 Å². The predicted octanol–water partition coefficient (Wildman–Crippen LogP) is 2.34.